The number of benzene rings is 1. The molecule has 0 spiro atoms. The number of hydrogen-bond donors (Lipinski definition) is 3. The van der Waals surface area contributed by atoms with Gasteiger partial charge < -0.3 is 20.9 Å². The predicted molar refractivity (Wildman–Crippen MR) is 92.6 cm³/mol. The summed E-state index contributed by atoms with van der Waals surface area (Å²) < 4.78 is 5.32. The summed E-state index contributed by atoms with van der Waals surface area (Å²) >= 11 is 0. The molecular formula is C18H28N2O4. The number of carbonyl (C=O) groups is 2. The number of phenolic OH excluding ortho intramolecular Hbond substituents is 1. The molecule has 0 bridgehead atoms. The van der Waals surface area contributed by atoms with Crippen LogP contribution in [-0.4, -0.2) is 22.7 Å². The van der Waals surface area contributed by atoms with Gasteiger partial charge in [0.05, 0.1) is 6.04 Å². The highest BCUT2D eigenvalue weighted by atomic mass is 16.6. The van der Waals surface area contributed by atoms with Crippen LogP contribution in [0.15, 0.2) is 18.2 Å². The van der Waals surface area contributed by atoms with Crippen LogP contribution >= 0.6 is 0 Å². The third-order valence-electron chi connectivity index (χ3n) is 3.42. The van der Waals surface area contributed by atoms with Crippen LogP contribution in [0, 0.1) is 0 Å². The number of amides is 2. The number of rotatable bonds is 7. The largest absolute Gasteiger partial charge is 0.508 e. The SMILES string of the molecule is CCCC(NC(N)=O)c1cc(O)ccc1CCC(=O)OC(C)(C)C. The van der Waals surface area contributed by atoms with E-state index in [9.17, 15) is 14.7 Å². The number of ether oxygens (including phenoxy) is 1. The van der Waals surface area contributed by atoms with E-state index in [1.807, 2.05) is 27.7 Å². The van der Waals surface area contributed by atoms with Crippen molar-refractivity contribution in [3.05, 3.63) is 29.3 Å². The Morgan fingerprint density at radius 3 is 2.54 bits per heavy atom. The monoisotopic (exact) mass is 336 g/mol. The maximum Gasteiger partial charge on any atom is 0.312 e. The lowest BCUT2D eigenvalue weighted by atomic mass is 9.94. The van der Waals surface area contributed by atoms with Gasteiger partial charge in [-0.1, -0.05) is 19.4 Å². The van der Waals surface area contributed by atoms with E-state index >= 15 is 0 Å². The number of hydrogen-bond acceptors (Lipinski definition) is 4. The van der Waals surface area contributed by atoms with Crippen LogP contribution in [0.4, 0.5) is 4.79 Å². The zero-order valence-corrected chi connectivity index (χ0v) is 14.9. The second kappa shape index (κ2) is 8.57. The third-order valence-corrected chi connectivity index (χ3v) is 3.42. The molecule has 0 aliphatic heterocycles. The molecule has 0 heterocycles. The Balaban J connectivity index is 2.94. The number of nitrogens with one attached hydrogen (secondary N) is 1. The first-order valence-electron chi connectivity index (χ1n) is 8.22. The topological polar surface area (TPSA) is 102 Å². The first kappa shape index (κ1) is 19.8. The summed E-state index contributed by atoms with van der Waals surface area (Å²) in [5.41, 5.74) is 6.39. The van der Waals surface area contributed by atoms with E-state index in [0.29, 0.717) is 12.8 Å². The zero-order valence-electron chi connectivity index (χ0n) is 14.9. The Labute approximate surface area is 143 Å². The molecule has 4 N–H and O–H groups in total. The van der Waals surface area contributed by atoms with Crippen molar-refractivity contribution in [2.24, 2.45) is 5.73 Å². The number of nitrogens with two attached hydrogens (primary N) is 1. The quantitative estimate of drug-likeness (QED) is 0.666. The molecule has 0 saturated carbocycles. The van der Waals surface area contributed by atoms with E-state index in [4.69, 9.17) is 10.5 Å². The second-order valence-electron chi connectivity index (χ2n) is 6.82. The lowest BCUT2D eigenvalue weighted by Gasteiger charge is -2.22. The lowest BCUT2D eigenvalue weighted by molar-refractivity contribution is -0.154. The molecule has 134 valence electrons. The highest BCUT2D eigenvalue weighted by molar-refractivity contribution is 5.72. The van der Waals surface area contributed by atoms with Gasteiger partial charge in [-0.15, -0.1) is 0 Å². The summed E-state index contributed by atoms with van der Waals surface area (Å²) in [7, 11) is 0. The minimum absolute atomic E-state index is 0.110. The average Bonchev–Trinajstić information content (AvgIpc) is 2.43. The van der Waals surface area contributed by atoms with Gasteiger partial charge >= 0.3 is 12.0 Å². The predicted octanol–water partition coefficient (Wildman–Crippen LogP) is 3.18. The van der Waals surface area contributed by atoms with E-state index < -0.39 is 11.6 Å². The van der Waals surface area contributed by atoms with E-state index in [1.165, 1.54) is 0 Å². The van der Waals surface area contributed by atoms with Crippen molar-refractivity contribution in [1.82, 2.24) is 5.32 Å². The minimum Gasteiger partial charge on any atom is -0.508 e. The summed E-state index contributed by atoms with van der Waals surface area (Å²) in [6.07, 6.45) is 2.22. The minimum atomic E-state index is -0.616. The molecular weight excluding hydrogens is 308 g/mol. The van der Waals surface area contributed by atoms with Crippen molar-refractivity contribution in [3.8, 4) is 5.75 Å². The molecule has 1 aromatic carbocycles. The van der Waals surface area contributed by atoms with Crippen molar-refractivity contribution in [2.45, 2.75) is 65.0 Å². The van der Waals surface area contributed by atoms with Gasteiger partial charge in [-0.2, -0.15) is 0 Å². The van der Waals surface area contributed by atoms with Crippen molar-refractivity contribution in [1.29, 1.82) is 0 Å². The van der Waals surface area contributed by atoms with Gasteiger partial charge in [-0.25, -0.2) is 4.79 Å². The second-order valence-corrected chi connectivity index (χ2v) is 6.82. The number of phenols is 1. The molecule has 0 aromatic heterocycles. The number of aryl methyl sites for hydroxylation is 1. The van der Waals surface area contributed by atoms with Crippen LogP contribution in [0.5, 0.6) is 5.75 Å². The fourth-order valence-corrected chi connectivity index (χ4v) is 2.53. The van der Waals surface area contributed by atoms with Gasteiger partial charge in [0.15, 0.2) is 0 Å². The lowest BCUT2D eigenvalue weighted by Crippen LogP contribution is -2.33. The van der Waals surface area contributed by atoms with Crippen LogP contribution in [0.2, 0.25) is 0 Å². The molecule has 1 rings (SSSR count). The summed E-state index contributed by atoms with van der Waals surface area (Å²) in [5.74, 6) is -0.171. The zero-order chi connectivity index (χ0) is 18.3. The van der Waals surface area contributed by atoms with E-state index in [1.54, 1.807) is 18.2 Å². The van der Waals surface area contributed by atoms with Gasteiger partial charge in [-0.05, 0) is 56.9 Å². The number of aromatic hydroxyl groups is 1. The van der Waals surface area contributed by atoms with Crippen LogP contribution in [0.3, 0.4) is 0 Å². The summed E-state index contributed by atoms with van der Waals surface area (Å²) in [5, 5.41) is 12.5. The molecule has 0 saturated heterocycles. The summed E-state index contributed by atoms with van der Waals surface area (Å²) in [6.45, 7) is 7.47. The van der Waals surface area contributed by atoms with Crippen molar-refractivity contribution >= 4 is 12.0 Å². The molecule has 2 amide bonds. The van der Waals surface area contributed by atoms with Crippen molar-refractivity contribution in [3.63, 3.8) is 0 Å². The van der Waals surface area contributed by atoms with Crippen LogP contribution in [0.25, 0.3) is 0 Å². The number of esters is 1. The van der Waals surface area contributed by atoms with Crippen molar-refractivity contribution in [2.75, 3.05) is 0 Å². The Hall–Kier alpha value is -2.24. The van der Waals surface area contributed by atoms with Gasteiger partial charge in [-0.3, -0.25) is 4.79 Å². The van der Waals surface area contributed by atoms with E-state index in [2.05, 4.69) is 5.32 Å². The van der Waals surface area contributed by atoms with E-state index in [-0.39, 0.29) is 24.2 Å². The Morgan fingerprint density at radius 1 is 1.33 bits per heavy atom. The highest BCUT2D eigenvalue weighted by Crippen LogP contribution is 2.27. The fraction of sp³-hybridized carbons (Fsp3) is 0.556. The van der Waals surface area contributed by atoms with Gasteiger partial charge in [0, 0.05) is 6.42 Å². The summed E-state index contributed by atoms with van der Waals surface area (Å²) in [4.78, 5) is 23.2. The van der Waals surface area contributed by atoms with Crippen LogP contribution in [0.1, 0.15) is 64.1 Å². The Morgan fingerprint density at radius 2 is 2.00 bits per heavy atom. The molecule has 0 fully saturated rings. The molecule has 6 nitrogen and oxygen atoms in total. The summed E-state index contributed by atoms with van der Waals surface area (Å²) in [6, 6.07) is 4.03. The Bertz CT molecular complexity index is 579. The molecule has 1 aromatic rings. The smallest absolute Gasteiger partial charge is 0.312 e. The average molecular weight is 336 g/mol. The fourth-order valence-electron chi connectivity index (χ4n) is 2.53. The molecule has 1 unspecified atom stereocenters. The van der Waals surface area contributed by atoms with Crippen molar-refractivity contribution < 1.29 is 19.4 Å². The van der Waals surface area contributed by atoms with Gasteiger partial charge in [0.1, 0.15) is 11.4 Å². The standard InChI is InChI=1S/C18H28N2O4/c1-5-6-15(20-17(19)23)14-11-13(21)9-7-12(14)8-10-16(22)24-18(2,3)4/h7,9,11,15,21H,5-6,8,10H2,1-4H3,(H3,19,20,23). The molecule has 0 radical (unpaired) electrons. The van der Waals surface area contributed by atoms with Crippen LogP contribution < -0.4 is 11.1 Å². The number of primary amides is 1. The van der Waals surface area contributed by atoms with Gasteiger partial charge in [0.25, 0.3) is 0 Å². The van der Waals surface area contributed by atoms with Gasteiger partial charge in [0.2, 0.25) is 0 Å². The van der Waals surface area contributed by atoms with Crippen LogP contribution in [-0.2, 0) is 16.0 Å². The third kappa shape index (κ3) is 6.89. The molecule has 0 aliphatic rings. The first-order valence-corrected chi connectivity index (χ1v) is 8.22. The maximum absolute atomic E-state index is 11.9. The molecule has 1 atom stereocenters. The Kier molecular flexibility index (Phi) is 7.07. The number of urea groups is 1. The first-order chi connectivity index (χ1) is 11.1. The molecule has 24 heavy (non-hydrogen) atoms. The maximum atomic E-state index is 11.9. The number of carbonyl (C=O) groups excluding carboxylic acids is 2. The highest BCUT2D eigenvalue weighted by Gasteiger charge is 2.19. The molecule has 6 heteroatoms. The normalized spacial score (nSPS) is 12.5. The van der Waals surface area contributed by atoms with E-state index in [0.717, 1.165) is 17.5 Å². The molecule has 0 aliphatic carbocycles.